The van der Waals surface area contributed by atoms with E-state index in [1.165, 1.54) is 6.07 Å². The highest BCUT2D eigenvalue weighted by Gasteiger charge is 2.25. The van der Waals surface area contributed by atoms with Crippen molar-refractivity contribution in [2.75, 3.05) is 0 Å². The van der Waals surface area contributed by atoms with Gasteiger partial charge in [0.15, 0.2) is 0 Å². The van der Waals surface area contributed by atoms with Crippen molar-refractivity contribution < 1.29 is 4.39 Å². The Morgan fingerprint density at radius 3 is 3.12 bits per heavy atom. The molecule has 5 heteroatoms. The fourth-order valence-electron chi connectivity index (χ4n) is 2.22. The molecule has 2 heterocycles. The normalized spacial score (nSPS) is 18.1. The van der Waals surface area contributed by atoms with E-state index < -0.39 is 0 Å². The molecule has 1 aliphatic rings. The van der Waals surface area contributed by atoms with Gasteiger partial charge in [0, 0.05) is 10.4 Å². The van der Waals surface area contributed by atoms with E-state index >= 15 is 0 Å². The smallest absolute Gasteiger partial charge is 0.148 e. The van der Waals surface area contributed by atoms with E-state index in [0.717, 1.165) is 22.3 Å². The minimum absolute atomic E-state index is 0.239. The van der Waals surface area contributed by atoms with Crippen molar-refractivity contribution in [2.45, 2.75) is 19.3 Å². The Kier molecular flexibility index (Phi) is 2.10. The molecule has 0 fully saturated rings. The number of benzene rings is 1. The monoisotopic (exact) mass is 281 g/mol. The van der Waals surface area contributed by atoms with E-state index in [9.17, 15) is 4.39 Å². The number of hydrogen-bond acceptors (Lipinski definition) is 2. The van der Waals surface area contributed by atoms with Crippen molar-refractivity contribution in [3.63, 3.8) is 0 Å². The fraction of sp³-hybridized carbons (Fsp3) is 0.273. The lowest BCUT2D eigenvalue weighted by atomic mass is 9.95. The van der Waals surface area contributed by atoms with Gasteiger partial charge in [0.25, 0.3) is 0 Å². The number of aromatic nitrogens is 3. The van der Waals surface area contributed by atoms with Gasteiger partial charge in [-0.3, -0.25) is 4.57 Å². The summed E-state index contributed by atoms with van der Waals surface area (Å²) in [5, 5.41) is 7.89. The van der Waals surface area contributed by atoms with Crippen molar-refractivity contribution in [1.82, 2.24) is 14.8 Å². The van der Waals surface area contributed by atoms with Gasteiger partial charge in [-0.15, -0.1) is 10.2 Å². The van der Waals surface area contributed by atoms with Gasteiger partial charge >= 0.3 is 0 Å². The quantitative estimate of drug-likeness (QED) is 0.744. The molecule has 1 unspecified atom stereocenters. The average Bonchev–Trinajstić information content (AvgIpc) is 2.65. The largest absolute Gasteiger partial charge is 0.282 e. The molecule has 16 heavy (non-hydrogen) atoms. The number of fused-ring (bicyclic) bond motifs is 3. The summed E-state index contributed by atoms with van der Waals surface area (Å²) in [6, 6.07) is 3.43. The van der Waals surface area contributed by atoms with Crippen LogP contribution in [0.25, 0.3) is 5.69 Å². The molecule has 1 aliphatic heterocycles. The minimum Gasteiger partial charge on any atom is -0.282 e. The van der Waals surface area contributed by atoms with E-state index in [-0.39, 0.29) is 11.7 Å². The van der Waals surface area contributed by atoms with Crippen LogP contribution in [0.15, 0.2) is 22.9 Å². The molecule has 0 saturated carbocycles. The van der Waals surface area contributed by atoms with Crippen molar-refractivity contribution >= 4 is 15.9 Å². The van der Waals surface area contributed by atoms with E-state index in [1.54, 1.807) is 10.9 Å². The molecular formula is C11H9BrFN3. The molecule has 2 aromatic rings. The van der Waals surface area contributed by atoms with E-state index in [0.29, 0.717) is 5.69 Å². The van der Waals surface area contributed by atoms with Crippen molar-refractivity contribution in [3.8, 4) is 5.69 Å². The fourth-order valence-corrected chi connectivity index (χ4v) is 2.70. The third kappa shape index (κ3) is 1.31. The summed E-state index contributed by atoms with van der Waals surface area (Å²) in [4.78, 5) is 0. The third-order valence-corrected chi connectivity index (χ3v) is 3.35. The average molecular weight is 282 g/mol. The van der Waals surface area contributed by atoms with Crippen LogP contribution in [-0.4, -0.2) is 14.8 Å². The molecule has 0 amide bonds. The summed E-state index contributed by atoms with van der Waals surface area (Å²) in [5.41, 5.74) is 1.58. The second kappa shape index (κ2) is 3.38. The number of nitrogens with zero attached hydrogens (tertiary/aromatic N) is 3. The first-order valence-electron chi connectivity index (χ1n) is 5.05. The Morgan fingerprint density at radius 1 is 1.50 bits per heavy atom. The van der Waals surface area contributed by atoms with Crippen LogP contribution in [0, 0.1) is 5.82 Å². The maximum absolute atomic E-state index is 13.9. The van der Waals surface area contributed by atoms with Gasteiger partial charge in [0.1, 0.15) is 18.0 Å². The lowest BCUT2D eigenvalue weighted by Gasteiger charge is -2.23. The number of halogens is 2. The van der Waals surface area contributed by atoms with Gasteiger partial charge in [0.05, 0.1) is 5.69 Å². The molecule has 0 bridgehead atoms. The standard InChI is InChI=1S/C11H9BrFN3/c1-6-2-7-3-8(12)4-9(13)10(7)16-5-14-15-11(6)16/h3-6H,2H2,1H3. The number of hydrogen-bond donors (Lipinski definition) is 0. The first-order chi connectivity index (χ1) is 7.66. The lowest BCUT2D eigenvalue weighted by molar-refractivity contribution is 0.582. The topological polar surface area (TPSA) is 30.7 Å². The Labute approximate surface area is 100 Å². The zero-order valence-corrected chi connectivity index (χ0v) is 10.2. The molecule has 1 aromatic carbocycles. The highest BCUT2D eigenvalue weighted by molar-refractivity contribution is 9.10. The summed E-state index contributed by atoms with van der Waals surface area (Å²) in [6.45, 7) is 2.07. The number of rotatable bonds is 0. The molecule has 3 rings (SSSR count). The molecule has 0 saturated heterocycles. The van der Waals surface area contributed by atoms with Crippen LogP contribution in [-0.2, 0) is 6.42 Å². The SMILES string of the molecule is CC1Cc2cc(Br)cc(F)c2-n2cnnc21. The Balaban J connectivity index is 2.32. The highest BCUT2D eigenvalue weighted by Crippen LogP contribution is 2.34. The molecule has 1 atom stereocenters. The van der Waals surface area contributed by atoms with E-state index in [4.69, 9.17) is 0 Å². The second-order valence-corrected chi connectivity index (χ2v) is 4.98. The summed E-state index contributed by atoms with van der Waals surface area (Å²) < 4.78 is 16.4. The molecule has 1 aromatic heterocycles. The van der Waals surface area contributed by atoms with Crippen LogP contribution in [0.1, 0.15) is 24.2 Å². The summed E-state index contributed by atoms with van der Waals surface area (Å²) in [7, 11) is 0. The maximum Gasteiger partial charge on any atom is 0.148 e. The van der Waals surface area contributed by atoms with Gasteiger partial charge < -0.3 is 0 Å². The predicted molar refractivity (Wildman–Crippen MR) is 61.1 cm³/mol. The third-order valence-electron chi connectivity index (χ3n) is 2.89. The molecule has 0 spiro atoms. The van der Waals surface area contributed by atoms with Crippen molar-refractivity contribution in [1.29, 1.82) is 0 Å². The zero-order valence-electron chi connectivity index (χ0n) is 8.61. The van der Waals surface area contributed by atoms with Crippen LogP contribution in [0.5, 0.6) is 0 Å². The van der Waals surface area contributed by atoms with Crippen LogP contribution >= 0.6 is 15.9 Å². The molecule has 0 radical (unpaired) electrons. The Bertz CT molecular complexity index is 564. The summed E-state index contributed by atoms with van der Waals surface area (Å²) in [5.74, 6) is 0.856. The first kappa shape index (κ1) is 9.96. The summed E-state index contributed by atoms with van der Waals surface area (Å²) >= 11 is 3.31. The van der Waals surface area contributed by atoms with Crippen LogP contribution in [0.4, 0.5) is 4.39 Å². The lowest BCUT2D eigenvalue weighted by Crippen LogP contribution is -2.17. The van der Waals surface area contributed by atoms with Gasteiger partial charge in [-0.25, -0.2) is 4.39 Å². The van der Waals surface area contributed by atoms with Crippen molar-refractivity contribution in [3.05, 3.63) is 40.1 Å². The zero-order chi connectivity index (χ0) is 11.3. The maximum atomic E-state index is 13.9. The Hall–Kier alpha value is -1.23. The van der Waals surface area contributed by atoms with Crippen LogP contribution < -0.4 is 0 Å². The Morgan fingerprint density at radius 2 is 2.31 bits per heavy atom. The molecule has 82 valence electrons. The van der Waals surface area contributed by atoms with E-state index in [1.807, 2.05) is 6.07 Å². The summed E-state index contributed by atoms with van der Waals surface area (Å²) in [6.07, 6.45) is 2.37. The molecule has 0 aliphatic carbocycles. The van der Waals surface area contributed by atoms with Crippen LogP contribution in [0.3, 0.4) is 0 Å². The van der Waals surface area contributed by atoms with Gasteiger partial charge in [0.2, 0.25) is 0 Å². The van der Waals surface area contributed by atoms with Gasteiger partial charge in [-0.2, -0.15) is 0 Å². The van der Waals surface area contributed by atoms with E-state index in [2.05, 4.69) is 33.1 Å². The molecule has 0 N–H and O–H groups in total. The predicted octanol–water partition coefficient (Wildman–Crippen LogP) is 2.83. The van der Waals surface area contributed by atoms with Gasteiger partial charge in [-0.1, -0.05) is 22.9 Å². The van der Waals surface area contributed by atoms with Crippen molar-refractivity contribution in [2.24, 2.45) is 0 Å². The van der Waals surface area contributed by atoms with Gasteiger partial charge in [-0.05, 0) is 24.1 Å². The minimum atomic E-state index is -0.239. The first-order valence-corrected chi connectivity index (χ1v) is 5.84. The molecular weight excluding hydrogens is 273 g/mol. The molecule has 3 nitrogen and oxygen atoms in total. The highest BCUT2D eigenvalue weighted by atomic mass is 79.9. The second-order valence-electron chi connectivity index (χ2n) is 4.06. The van der Waals surface area contributed by atoms with Crippen LogP contribution in [0.2, 0.25) is 0 Å².